The number of nitrogens with zero attached hydrogens (tertiary/aromatic N) is 1. The van der Waals surface area contributed by atoms with E-state index < -0.39 is 0 Å². The maximum absolute atomic E-state index is 13.5. The molecule has 26 heavy (non-hydrogen) atoms. The van der Waals surface area contributed by atoms with Crippen LogP contribution in [0.25, 0.3) is 5.57 Å². The number of likely N-dealkylation sites (N-methyl/N-ethyl adjacent to an activating group) is 1. The topological polar surface area (TPSA) is 3.24 Å². The van der Waals surface area contributed by atoms with Crippen molar-refractivity contribution in [1.29, 1.82) is 0 Å². The van der Waals surface area contributed by atoms with Crippen LogP contribution in [0, 0.1) is 11.7 Å². The Balaban J connectivity index is 1.76. The van der Waals surface area contributed by atoms with E-state index in [1.807, 2.05) is 6.07 Å². The molecule has 0 N–H and O–H groups in total. The third-order valence-electron chi connectivity index (χ3n) is 5.22. The first-order chi connectivity index (χ1) is 12.5. The molecule has 0 fully saturated rings. The van der Waals surface area contributed by atoms with Gasteiger partial charge in [0.15, 0.2) is 0 Å². The molecule has 0 amide bonds. The summed E-state index contributed by atoms with van der Waals surface area (Å²) in [7, 11) is 4.21. The molecule has 1 aliphatic carbocycles. The number of aryl methyl sites for hydroxylation is 1. The smallest absolute Gasteiger partial charge is 0.141 e. The quantitative estimate of drug-likeness (QED) is 0.582. The molecule has 2 aromatic rings. The lowest BCUT2D eigenvalue weighted by Crippen LogP contribution is -2.21. The van der Waals surface area contributed by atoms with Crippen LogP contribution >= 0.6 is 11.6 Å². The van der Waals surface area contributed by atoms with Crippen LogP contribution in [0.3, 0.4) is 0 Å². The van der Waals surface area contributed by atoms with Crippen LogP contribution in [0.15, 0.2) is 54.1 Å². The van der Waals surface area contributed by atoms with Crippen molar-refractivity contribution < 1.29 is 4.39 Å². The fourth-order valence-electron chi connectivity index (χ4n) is 3.93. The minimum absolute atomic E-state index is 0.213. The summed E-state index contributed by atoms with van der Waals surface area (Å²) in [6, 6.07) is 15.9. The van der Waals surface area contributed by atoms with Gasteiger partial charge in [-0.25, -0.2) is 4.39 Å². The normalized spacial score (nSPS) is 17.8. The Morgan fingerprint density at radius 3 is 2.58 bits per heavy atom. The Morgan fingerprint density at radius 1 is 1.12 bits per heavy atom. The van der Waals surface area contributed by atoms with Crippen molar-refractivity contribution in [2.75, 3.05) is 20.6 Å². The van der Waals surface area contributed by atoms with Gasteiger partial charge in [-0.15, -0.1) is 0 Å². The molecule has 1 nitrogen and oxygen atoms in total. The molecule has 0 radical (unpaired) electrons. The van der Waals surface area contributed by atoms with Gasteiger partial charge in [-0.05, 0) is 81.0 Å². The van der Waals surface area contributed by atoms with E-state index in [0.29, 0.717) is 5.92 Å². The van der Waals surface area contributed by atoms with Gasteiger partial charge in [-0.2, -0.15) is 0 Å². The highest BCUT2D eigenvalue weighted by atomic mass is 35.5. The van der Waals surface area contributed by atoms with Gasteiger partial charge in [-0.1, -0.05) is 53.6 Å². The molecule has 3 heteroatoms. The van der Waals surface area contributed by atoms with E-state index in [1.54, 1.807) is 6.07 Å². The number of rotatable bonds is 6. The summed E-state index contributed by atoms with van der Waals surface area (Å²) in [5.74, 6) is 0.367. The number of halogens is 2. The average molecular weight is 372 g/mol. The molecule has 138 valence electrons. The van der Waals surface area contributed by atoms with Gasteiger partial charge in [0.2, 0.25) is 0 Å². The Kier molecular flexibility index (Phi) is 6.50. The van der Waals surface area contributed by atoms with Crippen LogP contribution in [-0.2, 0) is 6.42 Å². The first kappa shape index (κ1) is 19.1. The minimum Gasteiger partial charge on any atom is -0.305 e. The van der Waals surface area contributed by atoms with E-state index in [0.717, 1.165) is 31.4 Å². The van der Waals surface area contributed by atoms with Crippen molar-refractivity contribution in [3.8, 4) is 0 Å². The highest BCUT2D eigenvalue weighted by molar-refractivity contribution is 6.30. The molecular formula is C23H27ClFN. The molecule has 0 aliphatic heterocycles. The standard InChI is InChI=1S/C23H27ClFN/c1-26(2)16-20-14-18(9-8-17-6-4-3-5-7-17)10-12-21(20)19-11-13-23(25)22(24)15-19/h3-7,11,13,15,18H,8-10,12,14,16H2,1-2H3. The summed E-state index contributed by atoms with van der Waals surface area (Å²) >= 11 is 6.02. The maximum Gasteiger partial charge on any atom is 0.141 e. The number of benzene rings is 2. The molecule has 0 bridgehead atoms. The van der Waals surface area contributed by atoms with Crippen molar-refractivity contribution in [2.24, 2.45) is 5.92 Å². The average Bonchev–Trinajstić information content (AvgIpc) is 2.63. The zero-order valence-corrected chi connectivity index (χ0v) is 16.4. The van der Waals surface area contributed by atoms with Crippen LogP contribution in [0.4, 0.5) is 4.39 Å². The fraction of sp³-hybridized carbons (Fsp3) is 0.391. The van der Waals surface area contributed by atoms with Crippen LogP contribution in [-0.4, -0.2) is 25.5 Å². The zero-order valence-electron chi connectivity index (χ0n) is 15.6. The highest BCUT2D eigenvalue weighted by Gasteiger charge is 2.22. The van der Waals surface area contributed by atoms with Gasteiger partial charge in [0, 0.05) is 6.54 Å². The first-order valence-corrected chi connectivity index (χ1v) is 9.75. The third-order valence-corrected chi connectivity index (χ3v) is 5.51. The number of hydrogen-bond donors (Lipinski definition) is 0. The summed E-state index contributed by atoms with van der Waals surface area (Å²) in [6.45, 7) is 0.951. The molecule has 0 heterocycles. The van der Waals surface area contributed by atoms with Gasteiger partial charge in [0.1, 0.15) is 5.82 Å². The van der Waals surface area contributed by atoms with Gasteiger partial charge in [0.25, 0.3) is 0 Å². The van der Waals surface area contributed by atoms with E-state index in [-0.39, 0.29) is 10.8 Å². The van der Waals surface area contributed by atoms with Crippen LogP contribution in [0.5, 0.6) is 0 Å². The molecule has 1 unspecified atom stereocenters. The molecule has 2 aromatic carbocycles. The second-order valence-electron chi connectivity index (χ2n) is 7.58. The summed E-state index contributed by atoms with van der Waals surface area (Å²) in [6.07, 6.45) is 5.71. The van der Waals surface area contributed by atoms with Crippen molar-refractivity contribution in [2.45, 2.75) is 32.1 Å². The van der Waals surface area contributed by atoms with Gasteiger partial charge in [0.05, 0.1) is 5.02 Å². The summed E-state index contributed by atoms with van der Waals surface area (Å²) < 4.78 is 13.5. The van der Waals surface area contributed by atoms with Crippen molar-refractivity contribution in [3.05, 3.63) is 76.1 Å². The fourth-order valence-corrected chi connectivity index (χ4v) is 4.12. The van der Waals surface area contributed by atoms with E-state index >= 15 is 0 Å². The predicted molar refractivity (Wildman–Crippen MR) is 109 cm³/mol. The summed E-state index contributed by atoms with van der Waals surface area (Å²) in [5.41, 5.74) is 5.33. The van der Waals surface area contributed by atoms with Gasteiger partial charge >= 0.3 is 0 Å². The predicted octanol–water partition coefficient (Wildman–Crippen LogP) is 6.23. The van der Waals surface area contributed by atoms with Crippen LogP contribution in [0.1, 0.15) is 36.8 Å². The van der Waals surface area contributed by atoms with E-state index in [1.165, 1.54) is 35.6 Å². The Bertz CT molecular complexity index is 767. The second kappa shape index (κ2) is 8.83. The van der Waals surface area contributed by atoms with Crippen LogP contribution < -0.4 is 0 Å². The molecule has 1 atom stereocenters. The monoisotopic (exact) mass is 371 g/mol. The Hall–Kier alpha value is -1.64. The molecule has 0 aromatic heterocycles. The highest BCUT2D eigenvalue weighted by Crippen LogP contribution is 2.38. The molecule has 1 aliphatic rings. The third kappa shape index (κ3) is 4.96. The lowest BCUT2D eigenvalue weighted by atomic mass is 9.78. The van der Waals surface area contributed by atoms with Gasteiger partial charge in [-0.3, -0.25) is 0 Å². The van der Waals surface area contributed by atoms with Crippen molar-refractivity contribution in [1.82, 2.24) is 4.90 Å². The number of allylic oxidation sites excluding steroid dienone is 1. The Labute approximate surface area is 161 Å². The Morgan fingerprint density at radius 2 is 1.88 bits per heavy atom. The molecule has 0 saturated carbocycles. The number of hydrogen-bond acceptors (Lipinski definition) is 1. The van der Waals surface area contributed by atoms with Crippen molar-refractivity contribution >= 4 is 17.2 Å². The summed E-state index contributed by atoms with van der Waals surface area (Å²) in [4.78, 5) is 2.22. The minimum atomic E-state index is -0.346. The van der Waals surface area contributed by atoms with E-state index in [4.69, 9.17) is 11.6 Å². The molecule has 3 rings (SSSR count). The second-order valence-corrected chi connectivity index (χ2v) is 7.99. The van der Waals surface area contributed by atoms with E-state index in [9.17, 15) is 4.39 Å². The first-order valence-electron chi connectivity index (χ1n) is 9.38. The van der Waals surface area contributed by atoms with Gasteiger partial charge < -0.3 is 4.90 Å². The molecule has 0 saturated heterocycles. The SMILES string of the molecule is CN(C)CC1=C(c2ccc(F)c(Cl)c2)CCC(CCc2ccccc2)C1. The lowest BCUT2D eigenvalue weighted by molar-refractivity contribution is 0.391. The zero-order chi connectivity index (χ0) is 18.5. The largest absolute Gasteiger partial charge is 0.305 e. The van der Waals surface area contributed by atoms with Crippen LogP contribution in [0.2, 0.25) is 5.02 Å². The maximum atomic E-state index is 13.5. The lowest BCUT2D eigenvalue weighted by Gasteiger charge is -2.29. The molecule has 0 spiro atoms. The van der Waals surface area contributed by atoms with Crippen molar-refractivity contribution in [3.63, 3.8) is 0 Å². The molecular weight excluding hydrogens is 345 g/mol. The summed E-state index contributed by atoms with van der Waals surface area (Å²) in [5, 5.41) is 0.213. The van der Waals surface area contributed by atoms with E-state index in [2.05, 4.69) is 49.3 Å².